The summed E-state index contributed by atoms with van der Waals surface area (Å²) in [5, 5.41) is 3.35. The minimum atomic E-state index is -0.256. The van der Waals surface area contributed by atoms with Crippen LogP contribution in [0.4, 0.5) is 4.39 Å². The van der Waals surface area contributed by atoms with Crippen LogP contribution in [0.15, 0.2) is 41.9 Å². The quantitative estimate of drug-likeness (QED) is 0.437. The summed E-state index contributed by atoms with van der Waals surface area (Å²) in [6.45, 7) is 4.87. The number of guanidine groups is 1. The number of nitrogens with one attached hydrogen (secondary N) is 1. The van der Waals surface area contributed by atoms with E-state index in [1.807, 2.05) is 6.07 Å². The highest BCUT2D eigenvalue weighted by Crippen LogP contribution is 2.17. The highest BCUT2D eigenvalue weighted by atomic mass is 127. The Bertz CT molecular complexity index is 701. The van der Waals surface area contributed by atoms with Crippen molar-refractivity contribution in [3.05, 3.63) is 48.3 Å². The molecule has 0 radical (unpaired) electrons. The van der Waals surface area contributed by atoms with Crippen LogP contribution >= 0.6 is 24.0 Å². The zero-order valence-electron chi connectivity index (χ0n) is 14.7. The van der Waals surface area contributed by atoms with Crippen LogP contribution in [0.1, 0.15) is 25.3 Å². The van der Waals surface area contributed by atoms with Gasteiger partial charge in [-0.15, -0.1) is 24.0 Å². The number of halogens is 2. The number of benzene rings is 1. The first-order chi connectivity index (χ1) is 11.7. The van der Waals surface area contributed by atoms with E-state index in [2.05, 4.69) is 27.1 Å². The third kappa shape index (κ3) is 4.93. The fraction of sp³-hybridized carbons (Fsp3) is 0.444. The highest BCUT2D eigenvalue weighted by molar-refractivity contribution is 14.0. The minimum Gasteiger partial charge on any atom is -0.352 e. The molecule has 0 bridgehead atoms. The van der Waals surface area contributed by atoms with Gasteiger partial charge in [0.05, 0.1) is 12.0 Å². The number of aromatic nitrogens is 2. The van der Waals surface area contributed by atoms with Crippen molar-refractivity contribution in [3.8, 4) is 5.69 Å². The van der Waals surface area contributed by atoms with Crippen molar-refractivity contribution >= 4 is 29.9 Å². The van der Waals surface area contributed by atoms with Crippen molar-refractivity contribution in [1.82, 2.24) is 19.8 Å². The smallest absolute Gasteiger partial charge is 0.193 e. The normalized spacial score (nSPS) is 18.0. The molecule has 1 aromatic heterocycles. The van der Waals surface area contributed by atoms with E-state index in [9.17, 15) is 4.39 Å². The fourth-order valence-corrected chi connectivity index (χ4v) is 3.17. The SMILES string of the molecule is CN=C(NCc1ccc(-n2ccnc2)c(F)c1)N1CCCC(C)C1.I. The van der Waals surface area contributed by atoms with E-state index in [1.54, 1.807) is 42.5 Å². The number of imidazole rings is 1. The molecule has 0 saturated carbocycles. The van der Waals surface area contributed by atoms with Crippen LogP contribution in [0.2, 0.25) is 0 Å². The Kier molecular flexibility index (Phi) is 7.22. The molecule has 0 aliphatic carbocycles. The number of piperidine rings is 1. The Morgan fingerprint density at radius 2 is 2.28 bits per heavy atom. The summed E-state index contributed by atoms with van der Waals surface area (Å²) in [5.74, 6) is 1.32. The molecule has 136 valence electrons. The van der Waals surface area contributed by atoms with Gasteiger partial charge in [0, 0.05) is 39.1 Å². The number of rotatable bonds is 3. The van der Waals surface area contributed by atoms with Gasteiger partial charge >= 0.3 is 0 Å². The van der Waals surface area contributed by atoms with Crippen molar-refractivity contribution in [3.63, 3.8) is 0 Å². The Morgan fingerprint density at radius 1 is 1.44 bits per heavy atom. The van der Waals surface area contributed by atoms with Crippen molar-refractivity contribution in [2.45, 2.75) is 26.3 Å². The van der Waals surface area contributed by atoms with Gasteiger partial charge in [-0.3, -0.25) is 4.99 Å². The maximum absolute atomic E-state index is 14.3. The minimum absolute atomic E-state index is 0. The van der Waals surface area contributed by atoms with Crippen molar-refractivity contribution in [2.24, 2.45) is 10.9 Å². The molecule has 2 aromatic rings. The second-order valence-corrected chi connectivity index (χ2v) is 6.35. The van der Waals surface area contributed by atoms with E-state index >= 15 is 0 Å². The molecule has 1 unspecified atom stereocenters. The summed E-state index contributed by atoms with van der Waals surface area (Å²) < 4.78 is 16.0. The molecule has 5 nitrogen and oxygen atoms in total. The van der Waals surface area contributed by atoms with Gasteiger partial charge in [-0.2, -0.15) is 0 Å². The maximum Gasteiger partial charge on any atom is 0.193 e. The lowest BCUT2D eigenvalue weighted by Crippen LogP contribution is -2.45. The van der Waals surface area contributed by atoms with Gasteiger partial charge in [-0.25, -0.2) is 9.37 Å². The van der Waals surface area contributed by atoms with Crippen molar-refractivity contribution in [1.29, 1.82) is 0 Å². The van der Waals surface area contributed by atoms with E-state index in [1.165, 1.54) is 12.8 Å². The Labute approximate surface area is 165 Å². The predicted octanol–water partition coefficient (Wildman–Crippen LogP) is 3.44. The van der Waals surface area contributed by atoms with Gasteiger partial charge in [0.15, 0.2) is 5.96 Å². The molecule has 0 spiro atoms. The lowest BCUT2D eigenvalue weighted by molar-refractivity contribution is 0.266. The molecular formula is C18H25FIN5. The first kappa shape index (κ1) is 19.7. The fourth-order valence-electron chi connectivity index (χ4n) is 3.17. The molecule has 1 aliphatic heterocycles. The zero-order valence-corrected chi connectivity index (χ0v) is 17.0. The first-order valence-electron chi connectivity index (χ1n) is 8.39. The van der Waals surface area contributed by atoms with E-state index in [0.717, 1.165) is 24.6 Å². The van der Waals surface area contributed by atoms with Crippen LogP contribution in [-0.4, -0.2) is 40.5 Å². The standard InChI is InChI=1S/C18H24FN5.HI/c1-14-4-3-8-23(12-14)18(20-2)22-11-15-5-6-17(16(19)10-15)24-9-7-21-13-24;/h5-7,9-10,13-14H,3-4,8,11-12H2,1-2H3,(H,20,22);1H. The van der Waals surface area contributed by atoms with E-state index in [4.69, 9.17) is 0 Å². The molecular weight excluding hydrogens is 432 g/mol. The lowest BCUT2D eigenvalue weighted by Gasteiger charge is -2.33. The topological polar surface area (TPSA) is 45.5 Å². The van der Waals surface area contributed by atoms with Gasteiger partial charge in [-0.1, -0.05) is 13.0 Å². The van der Waals surface area contributed by atoms with Gasteiger partial charge in [0.25, 0.3) is 0 Å². The molecule has 1 aromatic carbocycles. The molecule has 3 rings (SSSR count). The number of aliphatic imine (C=N–C) groups is 1. The van der Waals surface area contributed by atoms with Crippen LogP contribution in [-0.2, 0) is 6.54 Å². The van der Waals surface area contributed by atoms with E-state index in [0.29, 0.717) is 18.2 Å². The second-order valence-electron chi connectivity index (χ2n) is 6.35. The first-order valence-corrected chi connectivity index (χ1v) is 8.39. The third-order valence-electron chi connectivity index (χ3n) is 4.41. The monoisotopic (exact) mass is 457 g/mol. The molecule has 1 aliphatic rings. The zero-order chi connectivity index (χ0) is 16.9. The van der Waals surface area contributed by atoms with Crippen molar-refractivity contribution < 1.29 is 4.39 Å². The summed E-state index contributed by atoms with van der Waals surface area (Å²) in [5.41, 5.74) is 1.40. The molecule has 7 heteroatoms. The van der Waals surface area contributed by atoms with Gasteiger partial charge in [0.2, 0.25) is 0 Å². The molecule has 1 fully saturated rings. The van der Waals surface area contributed by atoms with Gasteiger partial charge in [-0.05, 0) is 36.5 Å². The summed E-state index contributed by atoms with van der Waals surface area (Å²) in [6, 6.07) is 5.27. The van der Waals surface area contributed by atoms with E-state index in [-0.39, 0.29) is 29.8 Å². The van der Waals surface area contributed by atoms with Crippen LogP contribution in [0.3, 0.4) is 0 Å². The number of nitrogens with zero attached hydrogens (tertiary/aromatic N) is 4. The predicted molar refractivity (Wildman–Crippen MR) is 109 cm³/mol. The van der Waals surface area contributed by atoms with Crippen molar-refractivity contribution in [2.75, 3.05) is 20.1 Å². The van der Waals surface area contributed by atoms with Crippen LogP contribution < -0.4 is 5.32 Å². The summed E-state index contributed by atoms with van der Waals surface area (Å²) in [7, 11) is 1.80. The molecule has 1 saturated heterocycles. The highest BCUT2D eigenvalue weighted by Gasteiger charge is 2.19. The summed E-state index contributed by atoms with van der Waals surface area (Å²) in [6.07, 6.45) is 7.43. The average molecular weight is 457 g/mol. The van der Waals surface area contributed by atoms with Crippen LogP contribution in [0, 0.1) is 11.7 Å². The van der Waals surface area contributed by atoms with Crippen LogP contribution in [0.25, 0.3) is 5.69 Å². The molecule has 25 heavy (non-hydrogen) atoms. The summed E-state index contributed by atoms with van der Waals surface area (Å²) in [4.78, 5) is 10.6. The molecule has 2 heterocycles. The van der Waals surface area contributed by atoms with Crippen LogP contribution in [0.5, 0.6) is 0 Å². The third-order valence-corrected chi connectivity index (χ3v) is 4.41. The van der Waals surface area contributed by atoms with Gasteiger partial charge < -0.3 is 14.8 Å². The molecule has 0 amide bonds. The second kappa shape index (κ2) is 9.17. The van der Waals surface area contributed by atoms with Gasteiger partial charge in [0.1, 0.15) is 5.82 Å². The average Bonchev–Trinajstić information content (AvgIpc) is 3.10. The largest absolute Gasteiger partial charge is 0.352 e. The summed E-state index contributed by atoms with van der Waals surface area (Å²) >= 11 is 0. The number of hydrogen-bond donors (Lipinski definition) is 1. The maximum atomic E-state index is 14.3. The number of likely N-dealkylation sites (tertiary alicyclic amines) is 1. The van der Waals surface area contributed by atoms with E-state index < -0.39 is 0 Å². The molecule has 1 N–H and O–H groups in total. The lowest BCUT2D eigenvalue weighted by atomic mass is 10.0. The number of hydrogen-bond acceptors (Lipinski definition) is 2. The molecule has 1 atom stereocenters. The Balaban J connectivity index is 0.00000225. The Morgan fingerprint density at radius 3 is 2.92 bits per heavy atom. The Hall–Kier alpha value is -1.64.